The van der Waals surface area contributed by atoms with E-state index in [9.17, 15) is 9.59 Å². The number of aryl methyl sites for hydroxylation is 2. The maximum Gasteiger partial charge on any atom is 0.298 e. The van der Waals surface area contributed by atoms with Crippen LogP contribution in [0.2, 0.25) is 0 Å². The van der Waals surface area contributed by atoms with Gasteiger partial charge in [-0.1, -0.05) is 19.3 Å². The first kappa shape index (κ1) is 19.9. The number of nitrogens with one attached hydrogen (secondary N) is 2. The Kier molecular flexibility index (Phi) is 5.96. The normalized spacial score (nSPS) is 14.7. The van der Waals surface area contributed by atoms with Gasteiger partial charge in [0.2, 0.25) is 5.91 Å². The molecular weight excluding hydrogens is 356 g/mol. The Labute approximate surface area is 164 Å². The molecule has 8 heteroatoms. The topological polar surface area (TPSA) is 115 Å². The SMILES string of the molecule is CC(=O)NCc1cc(C)nc(N)c1-n1c(C)cnc(NC2CCCCC2)c1=O. The molecule has 1 amide bonds. The fourth-order valence-electron chi connectivity index (χ4n) is 3.73. The molecule has 2 heterocycles. The van der Waals surface area contributed by atoms with Crippen molar-refractivity contribution in [3.05, 3.63) is 39.6 Å². The molecule has 150 valence electrons. The summed E-state index contributed by atoms with van der Waals surface area (Å²) in [4.78, 5) is 33.3. The second-order valence-electron chi connectivity index (χ2n) is 7.43. The van der Waals surface area contributed by atoms with E-state index in [0.29, 0.717) is 17.2 Å². The van der Waals surface area contributed by atoms with Crippen LogP contribution in [-0.4, -0.2) is 26.5 Å². The van der Waals surface area contributed by atoms with Crippen LogP contribution in [0.1, 0.15) is 56.0 Å². The molecule has 28 heavy (non-hydrogen) atoms. The molecule has 2 aromatic rings. The molecule has 3 rings (SSSR count). The maximum absolute atomic E-state index is 13.3. The molecule has 0 saturated heterocycles. The highest BCUT2D eigenvalue weighted by Crippen LogP contribution is 2.23. The van der Waals surface area contributed by atoms with E-state index in [2.05, 4.69) is 20.6 Å². The second kappa shape index (κ2) is 8.41. The number of amides is 1. The number of aromatic nitrogens is 3. The zero-order valence-corrected chi connectivity index (χ0v) is 16.7. The highest BCUT2D eigenvalue weighted by Gasteiger charge is 2.20. The molecular formula is C20H28N6O2. The number of carbonyl (C=O) groups is 1. The lowest BCUT2D eigenvalue weighted by Crippen LogP contribution is -2.32. The maximum atomic E-state index is 13.3. The van der Waals surface area contributed by atoms with E-state index in [1.807, 2.05) is 13.0 Å². The molecule has 0 radical (unpaired) electrons. The van der Waals surface area contributed by atoms with Gasteiger partial charge in [-0.2, -0.15) is 0 Å². The van der Waals surface area contributed by atoms with Crippen LogP contribution >= 0.6 is 0 Å². The van der Waals surface area contributed by atoms with Crippen molar-refractivity contribution < 1.29 is 4.79 Å². The number of hydrogen-bond acceptors (Lipinski definition) is 6. The molecule has 1 saturated carbocycles. The molecule has 0 atom stereocenters. The third kappa shape index (κ3) is 4.32. The summed E-state index contributed by atoms with van der Waals surface area (Å²) in [5.41, 5.74) is 8.56. The van der Waals surface area contributed by atoms with Crippen molar-refractivity contribution in [3.63, 3.8) is 0 Å². The molecule has 0 unspecified atom stereocenters. The summed E-state index contributed by atoms with van der Waals surface area (Å²) < 4.78 is 1.54. The molecule has 0 aliphatic heterocycles. The van der Waals surface area contributed by atoms with Crippen LogP contribution in [-0.2, 0) is 11.3 Å². The fourth-order valence-corrected chi connectivity index (χ4v) is 3.73. The van der Waals surface area contributed by atoms with Crippen LogP contribution in [0.25, 0.3) is 5.69 Å². The van der Waals surface area contributed by atoms with Gasteiger partial charge in [-0.15, -0.1) is 0 Å². The third-order valence-corrected chi connectivity index (χ3v) is 5.06. The van der Waals surface area contributed by atoms with E-state index in [-0.39, 0.29) is 29.9 Å². The quantitative estimate of drug-likeness (QED) is 0.728. The Morgan fingerprint density at radius 1 is 1.29 bits per heavy atom. The minimum Gasteiger partial charge on any atom is -0.382 e. The number of nitrogens with zero attached hydrogens (tertiary/aromatic N) is 3. The van der Waals surface area contributed by atoms with E-state index in [1.165, 1.54) is 17.9 Å². The summed E-state index contributed by atoms with van der Waals surface area (Å²) in [7, 11) is 0. The first-order valence-corrected chi connectivity index (χ1v) is 9.73. The van der Waals surface area contributed by atoms with E-state index in [1.54, 1.807) is 13.1 Å². The molecule has 1 fully saturated rings. The lowest BCUT2D eigenvalue weighted by atomic mass is 9.95. The second-order valence-corrected chi connectivity index (χ2v) is 7.43. The van der Waals surface area contributed by atoms with Crippen molar-refractivity contribution >= 4 is 17.5 Å². The molecule has 1 aliphatic rings. The van der Waals surface area contributed by atoms with Gasteiger partial charge in [0, 0.05) is 42.7 Å². The summed E-state index contributed by atoms with van der Waals surface area (Å²) >= 11 is 0. The number of rotatable bonds is 5. The zero-order chi connectivity index (χ0) is 20.3. The summed E-state index contributed by atoms with van der Waals surface area (Å²) in [6.45, 7) is 5.35. The van der Waals surface area contributed by atoms with Gasteiger partial charge in [-0.3, -0.25) is 14.2 Å². The van der Waals surface area contributed by atoms with Crippen molar-refractivity contribution in [1.29, 1.82) is 0 Å². The van der Waals surface area contributed by atoms with Gasteiger partial charge in [0.25, 0.3) is 5.56 Å². The average molecular weight is 384 g/mol. The zero-order valence-electron chi connectivity index (χ0n) is 16.7. The minimum absolute atomic E-state index is 0.155. The van der Waals surface area contributed by atoms with Crippen LogP contribution in [0.3, 0.4) is 0 Å². The number of pyridine rings is 1. The minimum atomic E-state index is -0.257. The van der Waals surface area contributed by atoms with Crippen molar-refractivity contribution in [3.8, 4) is 5.69 Å². The number of anilines is 2. The Bertz CT molecular complexity index is 931. The largest absolute Gasteiger partial charge is 0.382 e. The van der Waals surface area contributed by atoms with E-state index in [0.717, 1.165) is 36.9 Å². The summed E-state index contributed by atoms with van der Waals surface area (Å²) in [6.07, 6.45) is 7.30. The summed E-state index contributed by atoms with van der Waals surface area (Å²) in [5.74, 6) is 0.417. The molecule has 2 aromatic heterocycles. The number of hydrogen-bond donors (Lipinski definition) is 3. The van der Waals surface area contributed by atoms with E-state index >= 15 is 0 Å². The van der Waals surface area contributed by atoms with Crippen LogP contribution in [0.5, 0.6) is 0 Å². The van der Waals surface area contributed by atoms with Crippen molar-refractivity contribution in [2.75, 3.05) is 11.1 Å². The Morgan fingerprint density at radius 3 is 2.68 bits per heavy atom. The van der Waals surface area contributed by atoms with Gasteiger partial charge in [-0.05, 0) is 32.8 Å². The number of nitrogens with two attached hydrogens (primary N) is 1. The fraction of sp³-hybridized carbons (Fsp3) is 0.500. The van der Waals surface area contributed by atoms with Crippen LogP contribution in [0.4, 0.5) is 11.6 Å². The summed E-state index contributed by atoms with van der Waals surface area (Å²) in [6, 6.07) is 2.10. The lowest BCUT2D eigenvalue weighted by molar-refractivity contribution is -0.119. The van der Waals surface area contributed by atoms with Gasteiger partial charge in [0.15, 0.2) is 5.82 Å². The van der Waals surface area contributed by atoms with Crippen LogP contribution in [0.15, 0.2) is 17.1 Å². The standard InChI is InChI=1S/C20H28N6O2/c1-12-9-15(11-22-14(3)27)17(18(21)24-12)26-13(2)10-23-19(20(26)28)25-16-7-5-4-6-8-16/h9-10,16H,4-8,11H2,1-3H3,(H2,21,24)(H,22,27)(H,23,25). The Balaban J connectivity index is 2.06. The average Bonchev–Trinajstić information content (AvgIpc) is 2.65. The Hall–Kier alpha value is -2.90. The van der Waals surface area contributed by atoms with Crippen molar-refractivity contribution in [2.24, 2.45) is 0 Å². The van der Waals surface area contributed by atoms with Gasteiger partial charge >= 0.3 is 0 Å². The molecule has 1 aliphatic carbocycles. The van der Waals surface area contributed by atoms with E-state index < -0.39 is 0 Å². The highest BCUT2D eigenvalue weighted by molar-refractivity contribution is 5.73. The van der Waals surface area contributed by atoms with Gasteiger partial charge in [-0.25, -0.2) is 9.97 Å². The molecule has 4 N–H and O–H groups in total. The first-order chi connectivity index (χ1) is 13.4. The molecule has 0 aromatic carbocycles. The third-order valence-electron chi connectivity index (χ3n) is 5.06. The highest BCUT2D eigenvalue weighted by atomic mass is 16.1. The lowest BCUT2D eigenvalue weighted by Gasteiger charge is -2.24. The van der Waals surface area contributed by atoms with Crippen molar-refractivity contribution in [2.45, 2.75) is 65.5 Å². The Morgan fingerprint density at radius 2 is 2.00 bits per heavy atom. The molecule has 0 bridgehead atoms. The predicted molar refractivity (Wildman–Crippen MR) is 110 cm³/mol. The van der Waals surface area contributed by atoms with Gasteiger partial charge in [0.1, 0.15) is 5.82 Å². The van der Waals surface area contributed by atoms with Crippen LogP contribution in [0, 0.1) is 13.8 Å². The van der Waals surface area contributed by atoms with Crippen LogP contribution < -0.4 is 21.9 Å². The van der Waals surface area contributed by atoms with Gasteiger partial charge in [0.05, 0.1) is 5.69 Å². The van der Waals surface area contributed by atoms with Gasteiger partial charge < -0.3 is 16.4 Å². The monoisotopic (exact) mass is 384 g/mol. The number of nitrogen functional groups attached to an aromatic ring is 1. The molecule has 0 spiro atoms. The number of carbonyl (C=O) groups excluding carboxylic acids is 1. The first-order valence-electron chi connectivity index (χ1n) is 9.73. The van der Waals surface area contributed by atoms with Crippen molar-refractivity contribution in [1.82, 2.24) is 19.9 Å². The summed E-state index contributed by atoms with van der Waals surface area (Å²) in [5, 5.41) is 6.09. The molecule has 8 nitrogen and oxygen atoms in total. The smallest absolute Gasteiger partial charge is 0.298 e. The van der Waals surface area contributed by atoms with E-state index in [4.69, 9.17) is 5.73 Å². The predicted octanol–water partition coefficient (Wildman–Crippen LogP) is 2.21.